The molecule has 0 saturated heterocycles. The second kappa shape index (κ2) is 5.34. The van der Waals surface area contributed by atoms with Crippen molar-refractivity contribution in [2.75, 3.05) is 0 Å². The highest BCUT2D eigenvalue weighted by Gasteiger charge is 2.58. The van der Waals surface area contributed by atoms with Crippen molar-refractivity contribution in [1.29, 1.82) is 0 Å². The van der Waals surface area contributed by atoms with Gasteiger partial charge in [0.2, 0.25) is 0 Å². The molecule has 3 saturated carbocycles. The van der Waals surface area contributed by atoms with Crippen molar-refractivity contribution >= 4 is 0 Å². The van der Waals surface area contributed by atoms with Gasteiger partial charge in [0.1, 0.15) is 0 Å². The maximum absolute atomic E-state index is 10.1. The van der Waals surface area contributed by atoms with Crippen LogP contribution in [0.15, 0.2) is 36.1 Å². The molecule has 7 atom stereocenters. The standard InChI is InChI=1S/C22H30N2O/c1-21-9-7-16(25)13-15(21)3-4-17-18-5-6-20(24-12-11-23-14-24)22(18,2)10-8-19(17)21/h4,11-12,14,16-20,25H,5-10,13H2,1-2H3/t16-,17-,18-,19-,20?,21-,22-/m0/s1. The van der Waals surface area contributed by atoms with Gasteiger partial charge in [0, 0.05) is 24.9 Å². The summed E-state index contributed by atoms with van der Waals surface area (Å²) in [6.07, 6.45) is 16.5. The lowest BCUT2D eigenvalue weighted by atomic mass is 9.49. The van der Waals surface area contributed by atoms with E-state index in [-0.39, 0.29) is 11.5 Å². The van der Waals surface area contributed by atoms with Crippen molar-refractivity contribution in [3.05, 3.63) is 36.1 Å². The van der Waals surface area contributed by atoms with Crippen molar-refractivity contribution in [1.82, 2.24) is 9.55 Å². The van der Waals surface area contributed by atoms with Crippen LogP contribution in [0.4, 0.5) is 0 Å². The Morgan fingerprint density at radius 2 is 2.04 bits per heavy atom. The summed E-state index contributed by atoms with van der Waals surface area (Å²) in [4.78, 5) is 4.30. The minimum Gasteiger partial charge on any atom is -0.393 e. The number of nitrogens with zero attached hydrogens (tertiary/aromatic N) is 2. The summed E-state index contributed by atoms with van der Waals surface area (Å²) < 4.78 is 2.37. The highest BCUT2D eigenvalue weighted by atomic mass is 16.3. The first-order valence-corrected chi connectivity index (χ1v) is 10.1. The number of hydrogen-bond donors (Lipinski definition) is 1. The smallest absolute Gasteiger partial charge is 0.0948 e. The SMILES string of the molecule is C[C@]12CC[C@H](O)CC1=C=C[C@@H]1[C@@H]2CC[C@]2(C)C(n3ccnc3)CC[C@@H]12. The predicted molar refractivity (Wildman–Crippen MR) is 97.9 cm³/mol. The molecule has 0 amide bonds. The molecule has 1 unspecified atom stereocenters. The van der Waals surface area contributed by atoms with E-state index in [1.165, 1.54) is 31.3 Å². The van der Waals surface area contributed by atoms with Crippen LogP contribution in [-0.2, 0) is 0 Å². The molecule has 0 spiro atoms. The first-order valence-electron chi connectivity index (χ1n) is 10.1. The molecule has 3 heteroatoms. The number of hydrogen-bond acceptors (Lipinski definition) is 2. The Balaban J connectivity index is 1.51. The molecule has 0 radical (unpaired) electrons. The fourth-order valence-electron chi connectivity index (χ4n) is 7.10. The van der Waals surface area contributed by atoms with Crippen LogP contribution in [-0.4, -0.2) is 20.8 Å². The number of rotatable bonds is 1. The van der Waals surface area contributed by atoms with E-state index in [1.54, 1.807) is 0 Å². The van der Waals surface area contributed by atoms with Gasteiger partial charge in [0.25, 0.3) is 0 Å². The molecule has 1 aromatic heterocycles. The third kappa shape index (κ3) is 2.12. The summed E-state index contributed by atoms with van der Waals surface area (Å²) in [5, 5.41) is 10.1. The van der Waals surface area contributed by atoms with Crippen LogP contribution < -0.4 is 0 Å². The summed E-state index contributed by atoms with van der Waals surface area (Å²) in [7, 11) is 0. The molecule has 1 heterocycles. The monoisotopic (exact) mass is 338 g/mol. The van der Waals surface area contributed by atoms with Gasteiger partial charge in [0.15, 0.2) is 0 Å². The fraction of sp³-hybridized carbons (Fsp3) is 0.727. The lowest BCUT2D eigenvalue weighted by Gasteiger charge is -2.56. The highest BCUT2D eigenvalue weighted by molar-refractivity contribution is 5.26. The molecule has 1 N–H and O–H groups in total. The van der Waals surface area contributed by atoms with Crippen molar-refractivity contribution in [2.24, 2.45) is 28.6 Å². The third-order valence-electron chi connectivity index (χ3n) is 8.56. The van der Waals surface area contributed by atoms with Crippen molar-refractivity contribution in [2.45, 2.75) is 70.9 Å². The summed E-state index contributed by atoms with van der Waals surface area (Å²) >= 11 is 0. The van der Waals surface area contributed by atoms with Crippen molar-refractivity contribution in [3.63, 3.8) is 0 Å². The Morgan fingerprint density at radius 3 is 2.84 bits per heavy atom. The van der Waals surface area contributed by atoms with Gasteiger partial charge in [-0.3, -0.25) is 0 Å². The first-order chi connectivity index (χ1) is 12.0. The molecular formula is C22H30N2O. The van der Waals surface area contributed by atoms with E-state index in [0.29, 0.717) is 17.4 Å². The minimum atomic E-state index is -0.147. The van der Waals surface area contributed by atoms with Gasteiger partial charge in [0.05, 0.1) is 12.4 Å². The number of imidazole rings is 1. The van der Waals surface area contributed by atoms with Gasteiger partial charge in [-0.05, 0) is 78.8 Å². The molecule has 5 rings (SSSR count). The maximum Gasteiger partial charge on any atom is 0.0948 e. The molecule has 3 fully saturated rings. The van der Waals surface area contributed by atoms with Crippen LogP contribution in [0.25, 0.3) is 0 Å². The van der Waals surface area contributed by atoms with E-state index < -0.39 is 0 Å². The maximum atomic E-state index is 10.1. The molecule has 0 bridgehead atoms. The van der Waals surface area contributed by atoms with Crippen molar-refractivity contribution in [3.8, 4) is 0 Å². The molecule has 4 aliphatic rings. The molecule has 0 aromatic carbocycles. The van der Waals surface area contributed by atoms with Gasteiger partial charge in [-0.2, -0.15) is 0 Å². The average Bonchev–Trinajstić information content (AvgIpc) is 3.22. The van der Waals surface area contributed by atoms with E-state index in [9.17, 15) is 5.11 Å². The number of fused-ring (bicyclic) bond motifs is 5. The van der Waals surface area contributed by atoms with Crippen LogP contribution in [0.1, 0.15) is 64.8 Å². The van der Waals surface area contributed by atoms with Gasteiger partial charge < -0.3 is 9.67 Å². The van der Waals surface area contributed by atoms with E-state index >= 15 is 0 Å². The van der Waals surface area contributed by atoms with Gasteiger partial charge >= 0.3 is 0 Å². The van der Waals surface area contributed by atoms with E-state index in [0.717, 1.165) is 31.1 Å². The molecule has 134 valence electrons. The first kappa shape index (κ1) is 15.9. The summed E-state index contributed by atoms with van der Waals surface area (Å²) in [5.41, 5.74) is 5.73. The Morgan fingerprint density at radius 1 is 1.16 bits per heavy atom. The number of aliphatic hydroxyl groups excluding tert-OH is 1. The van der Waals surface area contributed by atoms with E-state index in [2.05, 4.69) is 41.4 Å². The van der Waals surface area contributed by atoms with Crippen LogP contribution >= 0.6 is 0 Å². The Kier molecular flexibility index (Phi) is 3.40. The van der Waals surface area contributed by atoms with E-state index in [1.807, 2.05) is 12.5 Å². The summed E-state index contributed by atoms with van der Waals surface area (Å²) in [6.45, 7) is 5.00. The zero-order valence-corrected chi connectivity index (χ0v) is 15.5. The third-order valence-corrected chi connectivity index (χ3v) is 8.56. The van der Waals surface area contributed by atoms with Crippen LogP contribution in [0.2, 0.25) is 0 Å². The molecule has 0 aliphatic heterocycles. The van der Waals surface area contributed by atoms with Crippen LogP contribution in [0, 0.1) is 28.6 Å². The number of aromatic nitrogens is 2. The van der Waals surface area contributed by atoms with Gasteiger partial charge in [-0.1, -0.05) is 13.8 Å². The summed E-state index contributed by atoms with van der Waals surface area (Å²) in [5.74, 6) is 2.17. The Labute approximate surface area is 150 Å². The van der Waals surface area contributed by atoms with Crippen LogP contribution in [0.3, 0.4) is 0 Å². The number of aliphatic hydroxyl groups is 1. The van der Waals surface area contributed by atoms with Crippen molar-refractivity contribution < 1.29 is 5.11 Å². The molecular weight excluding hydrogens is 308 g/mol. The predicted octanol–water partition coefficient (Wildman–Crippen LogP) is 4.51. The molecule has 4 aliphatic carbocycles. The lowest BCUT2D eigenvalue weighted by molar-refractivity contribution is -0.0255. The lowest BCUT2D eigenvalue weighted by Crippen LogP contribution is -2.49. The topological polar surface area (TPSA) is 38.0 Å². The quantitative estimate of drug-likeness (QED) is 0.765. The average molecular weight is 338 g/mol. The second-order valence-corrected chi connectivity index (χ2v) is 9.54. The highest BCUT2D eigenvalue weighted by Crippen LogP contribution is 2.66. The Hall–Kier alpha value is -1.31. The van der Waals surface area contributed by atoms with E-state index in [4.69, 9.17) is 0 Å². The summed E-state index contributed by atoms with van der Waals surface area (Å²) in [6, 6.07) is 0.598. The normalized spacial score (nSPS) is 48.4. The zero-order valence-electron chi connectivity index (χ0n) is 15.5. The van der Waals surface area contributed by atoms with Gasteiger partial charge in [-0.25, -0.2) is 4.98 Å². The van der Waals surface area contributed by atoms with Crippen LogP contribution in [0.5, 0.6) is 0 Å². The van der Waals surface area contributed by atoms with Gasteiger partial charge in [-0.15, -0.1) is 5.73 Å². The zero-order chi connectivity index (χ0) is 17.2. The second-order valence-electron chi connectivity index (χ2n) is 9.54. The molecule has 3 nitrogen and oxygen atoms in total. The minimum absolute atomic E-state index is 0.147. The largest absolute Gasteiger partial charge is 0.393 e. The Bertz CT molecular complexity index is 731. The molecule has 25 heavy (non-hydrogen) atoms. The molecule has 1 aromatic rings. The fourth-order valence-corrected chi connectivity index (χ4v) is 7.10.